The molecule has 0 spiro atoms. The smallest absolute Gasteiger partial charge is 0.303 e. The zero-order chi connectivity index (χ0) is 19.5. The Morgan fingerprint density at radius 2 is 1.62 bits per heavy atom. The lowest BCUT2D eigenvalue weighted by atomic mass is 9.85. The number of hydrogen-bond acceptors (Lipinski definition) is 2. The van der Waals surface area contributed by atoms with Crippen molar-refractivity contribution in [1.29, 1.82) is 0 Å². The van der Waals surface area contributed by atoms with Crippen molar-refractivity contribution in [3.8, 4) is 0 Å². The van der Waals surface area contributed by atoms with E-state index in [9.17, 15) is 4.79 Å². The molecule has 0 aromatic rings. The molecule has 154 valence electrons. The fraction of sp³-hybridized carbons (Fsp3) is 0.870. The summed E-state index contributed by atoms with van der Waals surface area (Å²) in [5, 5.41) is 12.2. The number of allylic oxidation sites excluding steroid dienone is 2. The highest BCUT2D eigenvalue weighted by molar-refractivity contribution is 5.66. The highest BCUT2D eigenvalue weighted by Crippen LogP contribution is 2.26. The summed E-state index contributed by atoms with van der Waals surface area (Å²) in [4.78, 5) is 10.8. The first kappa shape index (κ1) is 25.2. The van der Waals surface area contributed by atoms with Gasteiger partial charge in [-0.1, -0.05) is 70.9 Å². The van der Waals surface area contributed by atoms with Gasteiger partial charge in [-0.15, -0.1) is 0 Å². The van der Waals surface area contributed by atoms with Crippen LogP contribution in [-0.2, 0) is 4.79 Å². The highest BCUT2D eigenvalue weighted by atomic mass is 16.4. The fourth-order valence-corrected chi connectivity index (χ4v) is 3.72. The largest absolute Gasteiger partial charge is 0.481 e. The van der Waals surface area contributed by atoms with Crippen molar-refractivity contribution in [1.82, 2.24) is 5.32 Å². The molecule has 2 atom stereocenters. The Bertz CT molecular complexity index is 341. The number of carboxylic acids is 1. The van der Waals surface area contributed by atoms with Gasteiger partial charge in [-0.05, 0) is 64.0 Å². The van der Waals surface area contributed by atoms with Gasteiger partial charge < -0.3 is 10.4 Å². The van der Waals surface area contributed by atoms with E-state index in [2.05, 4.69) is 31.3 Å². The number of rotatable bonds is 19. The normalized spacial score (nSPS) is 14.0. The van der Waals surface area contributed by atoms with Gasteiger partial charge in [0.25, 0.3) is 0 Å². The van der Waals surface area contributed by atoms with Crippen LogP contribution in [-0.4, -0.2) is 24.7 Å². The second-order valence-electron chi connectivity index (χ2n) is 7.86. The topological polar surface area (TPSA) is 49.3 Å². The Balaban J connectivity index is 4.36. The monoisotopic (exact) mass is 367 g/mol. The summed E-state index contributed by atoms with van der Waals surface area (Å²) >= 11 is 0. The third kappa shape index (κ3) is 16.6. The van der Waals surface area contributed by atoms with Gasteiger partial charge in [0.05, 0.1) is 0 Å². The van der Waals surface area contributed by atoms with Crippen LogP contribution in [0.3, 0.4) is 0 Å². The van der Waals surface area contributed by atoms with Gasteiger partial charge >= 0.3 is 5.97 Å². The standard InChI is InChI=1S/C23H45NO2/c1-4-6-8-9-10-11-13-16-21(15-12-7-5-2)19-22(20-24-3)17-14-18-23(25)26/h11,13,21-22,24H,4-10,12,14-20H2,1-3H3,(H,25,26). The van der Waals surface area contributed by atoms with Crippen molar-refractivity contribution in [2.24, 2.45) is 11.8 Å². The van der Waals surface area contributed by atoms with Gasteiger partial charge in [-0.3, -0.25) is 4.79 Å². The summed E-state index contributed by atoms with van der Waals surface area (Å²) < 4.78 is 0. The SMILES string of the molecule is CCCCCCC=CCC(CCCCC)CC(CCCC(=O)O)CNC. The zero-order valence-corrected chi connectivity index (χ0v) is 17.8. The van der Waals surface area contributed by atoms with Gasteiger partial charge in [-0.25, -0.2) is 0 Å². The molecular weight excluding hydrogens is 322 g/mol. The molecule has 0 rings (SSSR count). The summed E-state index contributed by atoms with van der Waals surface area (Å²) in [7, 11) is 2.01. The molecule has 0 aliphatic carbocycles. The molecule has 3 heteroatoms. The maximum Gasteiger partial charge on any atom is 0.303 e. The first-order valence-electron chi connectivity index (χ1n) is 11.1. The van der Waals surface area contributed by atoms with Gasteiger partial charge in [0.1, 0.15) is 0 Å². The number of nitrogens with one attached hydrogen (secondary N) is 1. The molecule has 2 unspecified atom stereocenters. The van der Waals surface area contributed by atoms with Crippen LogP contribution in [0.5, 0.6) is 0 Å². The van der Waals surface area contributed by atoms with Gasteiger partial charge in [0, 0.05) is 6.42 Å². The first-order chi connectivity index (χ1) is 12.6. The number of carboxylic acid groups (broad SMARTS) is 1. The predicted molar refractivity (Wildman–Crippen MR) is 114 cm³/mol. The van der Waals surface area contributed by atoms with Crippen LogP contribution < -0.4 is 5.32 Å². The van der Waals surface area contributed by atoms with Crippen LogP contribution in [0.15, 0.2) is 12.2 Å². The Hall–Kier alpha value is -0.830. The Labute approximate surface area is 163 Å². The molecule has 0 aromatic carbocycles. The van der Waals surface area contributed by atoms with Gasteiger partial charge in [0.2, 0.25) is 0 Å². The van der Waals surface area contributed by atoms with E-state index >= 15 is 0 Å². The van der Waals surface area contributed by atoms with Gasteiger partial charge in [-0.2, -0.15) is 0 Å². The van der Waals surface area contributed by atoms with E-state index in [1.165, 1.54) is 70.6 Å². The average Bonchev–Trinajstić information content (AvgIpc) is 2.60. The van der Waals surface area contributed by atoms with Crippen molar-refractivity contribution in [2.75, 3.05) is 13.6 Å². The van der Waals surface area contributed by atoms with Crippen LogP contribution in [0.2, 0.25) is 0 Å². The van der Waals surface area contributed by atoms with Crippen molar-refractivity contribution in [3.05, 3.63) is 12.2 Å². The quantitative estimate of drug-likeness (QED) is 0.200. The van der Waals surface area contributed by atoms with E-state index in [1.807, 2.05) is 7.05 Å². The maximum absolute atomic E-state index is 10.8. The van der Waals surface area contributed by atoms with E-state index in [0.29, 0.717) is 12.3 Å². The van der Waals surface area contributed by atoms with Crippen LogP contribution >= 0.6 is 0 Å². The molecule has 0 aromatic heterocycles. The van der Waals surface area contributed by atoms with Crippen LogP contribution in [0.25, 0.3) is 0 Å². The van der Waals surface area contributed by atoms with Crippen molar-refractivity contribution in [2.45, 2.75) is 104 Å². The first-order valence-corrected chi connectivity index (χ1v) is 11.1. The molecule has 0 aliphatic heterocycles. The average molecular weight is 368 g/mol. The maximum atomic E-state index is 10.8. The van der Waals surface area contributed by atoms with Crippen LogP contribution in [0.1, 0.15) is 104 Å². The minimum absolute atomic E-state index is 0.304. The molecular formula is C23H45NO2. The Morgan fingerprint density at radius 3 is 2.27 bits per heavy atom. The van der Waals surface area contributed by atoms with Crippen molar-refractivity contribution >= 4 is 5.97 Å². The third-order valence-electron chi connectivity index (χ3n) is 5.24. The zero-order valence-electron chi connectivity index (χ0n) is 17.8. The summed E-state index contributed by atoms with van der Waals surface area (Å²) in [6.07, 6.45) is 21.2. The second-order valence-corrected chi connectivity index (χ2v) is 7.86. The molecule has 0 heterocycles. The molecule has 0 saturated heterocycles. The summed E-state index contributed by atoms with van der Waals surface area (Å²) in [6, 6.07) is 0. The van der Waals surface area contributed by atoms with Crippen LogP contribution in [0.4, 0.5) is 0 Å². The number of carbonyl (C=O) groups is 1. The minimum atomic E-state index is -0.668. The highest BCUT2D eigenvalue weighted by Gasteiger charge is 2.15. The Kier molecular flexibility index (Phi) is 18.3. The lowest BCUT2D eigenvalue weighted by Gasteiger charge is -2.23. The molecule has 0 saturated carbocycles. The van der Waals surface area contributed by atoms with Crippen molar-refractivity contribution < 1.29 is 9.90 Å². The van der Waals surface area contributed by atoms with Crippen molar-refractivity contribution in [3.63, 3.8) is 0 Å². The van der Waals surface area contributed by atoms with Crippen LogP contribution in [0, 0.1) is 11.8 Å². The van der Waals surface area contributed by atoms with E-state index in [-0.39, 0.29) is 0 Å². The number of aliphatic carboxylic acids is 1. The molecule has 0 radical (unpaired) electrons. The van der Waals surface area contributed by atoms with E-state index in [4.69, 9.17) is 5.11 Å². The third-order valence-corrected chi connectivity index (χ3v) is 5.24. The predicted octanol–water partition coefficient (Wildman–Crippen LogP) is 6.58. The lowest BCUT2D eigenvalue weighted by Crippen LogP contribution is -2.22. The molecule has 0 fully saturated rings. The van der Waals surface area contributed by atoms with E-state index < -0.39 is 5.97 Å². The molecule has 0 amide bonds. The molecule has 0 bridgehead atoms. The second kappa shape index (κ2) is 18.9. The van der Waals surface area contributed by atoms with E-state index in [0.717, 1.165) is 25.3 Å². The molecule has 26 heavy (non-hydrogen) atoms. The lowest BCUT2D eigenvalue weighted by molar-refractivity contribution is -0.137. The fourth-order valence-electron chi connectivity index (χ4n) is 3.72. The van der Waals surface area contributed by atoms with Gasteiger partial charge in [0.15, 0.2) is 0 Å². The molecule has 3 nitrogen and oxygen atoms in total. The minimum Gasteiger partial charge on any atom is -0.481 e. The molecule has 2 N–H and O–H groups in total. The van der Waals surface area contributed by atoms with E-state index in [1.54, 1.807) is 0 Å². The number of hydrogen-bond donors (Lipinski definition) is 2. The summed E-state index contributed by atoms with van der Waals surface area (Å²) in [5.74, 6) is 0.680. The molecule has 0 aliphatic rings. The summed E-state index contributed by atoms with van der Waals surface area (Å²) in [5.41, 5.74) is 0. The number of unbranched alkanes of at least 4 members (excludes halogenated alkanes) is 6. The summed E-state index contributed by atoms with van der Waals surface area (Å²) in [6.45, 7) is 5.53. The Morgan fingerprint density at radius 1 is 0.923 bits per heavy atom.